The summed E-state index contributed by atoms with van der Waals surface area (Å²) in [6, 6.07) is 3.02. The van der Waals surface area contributed by atoms with Crippen LogP contribution in [0, 0.1) is 12.8 Å². The van der Waals surface area contributed by atoms with Gasteiger partial charge in [0.25, 0.3) is 0 Å². The Morgan fingerprint density at radius 1 is 1.33 bits per heavy atom. The fourth-order valence-electron chi connectivity index (χ4n) is 2.76. The Bertz CT molecular complexity index is 593. The van der Waals surface area contributed by atoms with Gasteiger partial charge in [0.05, 0.1) is 4.90 Å². The lowest BCUT2D eigenvalue weighted by Gasteiger charge is -2.21. The predicted molar refractivity (Wildman–Crippen MR) is 87.0 cm³/mol. The minimum Gasteiger partial charge on any atom is -0.398 e. The highest BCUT2D eigenvalue weighted by molar-refractivity contribution is 7.89. The number of anilines is 1. The molecule has 0 aliphatic carbocycles. The topological polar surface area (TPSA) is 63.4 Å². The molecule has 2 rings (SSSR count). The number of nitrogen functional groups attached to an aromatic ring is 1. The molecule has 1 aliphatic rings. The fraction of sp³-hybridized carbons (Fsp3) is 0.600. The van der Waals surface area contributed by atoms with E-state index in [2.05, 4.69) is 6.92 Å². The number of hydrogen-bond acceptors (Lipinski definition) is 3. The third-order valence-electron chi connectivity index (χ3n) is 4.38. The zero-order valence-corrected chi connectivity index (χ0v) is 14.2. The SMILES string of the molecule is CCC1CCCN(S(=O)(=O)c2cc(N)c(C)c(Cl)c2)CC1. The smallest absolute Gasteiger partial charge is 0.243 e. The molecule has 1 heterocycles. The molecule has 0 bridgehead atoms. The third-order valence-corrected chi connectivity index (χ3v) is 6.65. The number of halogens is 1. The zero-order chi connectivity index (χ0) is 15.6. The summed E-state index contributed by atoms with van der Waals surface area (Å²) in [4.78, 5) is 0.200. The van der Waals surface area contributed by atoms with Gasteiger partial charge in [0.15, 0.2) is 0 Å². The molecule has 1 atom stereocenters. The Balaban J connectivity index is 2.29. The van der Waals surface area contributed by atoms with E-state index in [0.717, 1.165) is 31.2 Å². The van der Waals surface area contributed by atoms with Gasteiger partial charge in [0.2, 0.25) is 10.0 Å². The second-order valence-corrected chi connectivity index (χ2v) is 8.07. The average molecular weight is 331 g/mol. The summed E-state index contributed by atoms with van der Waals surface area (Å²) in [6.45, 7) is 5.09. The van der Waals surface area contributed by atoms with Crippen LogP contribution in [0.25, 0.3) is 0 Å². The lowest BCUT2D eigenvalue weighted by atomic mass is 9.98. The monoisotopic (exact) mass is 330 g/mol. The highest BCUT2D eigenvalue weighted by atomic mass is 35.5. The maximum atomic E-state index is 12.8. The summed E-state index contributed by atoms with van der Waals surface area (Å²) in [6.07, 6.45) is 4.04. The van der Waals surface area contributed by atoms with E-state index in [0.29, 0.717) is 29.7 Å². The van der Waals surface area contributed by atoms with Crippen molar-refractivity contribution < 1.29 is 8.42 Å². The largest absolute Gasteiger partial charge is 0.398 e. The van der Waals surface area contributed by atoms with Crippen LogP contribution in [0.4, 0.5) is 5.69 Å². The van der Waals surface area contributed by atoms with Crippen molar-refractivity contribution in [3.05, 3.63) is 22.7 Å². The molecule has 1 unspecified atom stereocenters. The van der Waals surface area contributed by atoms with Gasteiger partial charge in [-0.1, -0.05) is 24.9 Å². The van der Waals surface area contributed by atoms with Crippen LogP contribution in [-0.4, -0.2) is 25.8 Å². The lowest BCUT2D eigenvalue weighted by Crippen LogP contribution is -2.32. The quantitative estimate of drug-likeness (QED) is 0.863. The van der Waals surface area contributed by atoms with E-state index in [1.807, 2.05) is 0 Å². The van der Waals surface area contributed by atoms with Crippen LogP contribution in [0.3, 0.4) is 0 Å². The number of benzene rings is 1. The highest BCUT2D eigenvalue weighted by Gasteiger charge is 2.28. The van der Waals surface area contributed by atoms with E-state index >= 15 is 0 Å². The molecule has 0 spiro atoms. The Hall–Kier alpha value is -0.780. The van der Waals surface area contributed by atoms with Crippen LogP contribution in [0.15, 0.2) is 17.0 Å². The summed E-state index contributed by atoms with van der Waals surface area (Å²) < 4.78 is 27.1. The van der Waals surface area contributed by atoms with Crippen LogP contribution in [-0.2, 0) is 10.0 Å². The van der Waals surface area contributed by atoms with Crippen LogP contribution < -0.4 is 5.73 Å². The molecule has 1 aromatic rings. The van der Waals surface area contributed by atoms with Crippen molar-refractivity contribution in [2.75, 3.05) is 18.8 Å². The lowest BCUT2D eigenvalue weighted by molar-refractivity contribution is 0.407. The summed E-state index contributed by atoms with van der Waals surface area (Å²) in [5.74, 6) is 0.622. The number of hydrogen-bond donors (Lipinski definition) is 1. The second-order valence-electron chi connectivity index (χ2n) is 5.73. The molecule has 1 aliphatic heterocycles. The second kappa shape index (κ2) is 6.55. The first-order valence-corrected chi connectivity index (χ1v) is 9.23. The molecule has 1 fully saturated rings. The maximum absolute atomic E-state index is 12.8. The van der Waals surface area contributed by atoms with Crippen molar-refractivity contribution in [2.24, 2.45) is 5.92 Å². The number of sulfonamides is 1. The molecular weight excluding hydrogens is 308 g/mol. The van der Waals surface area contributed by atoms with Crippen LogP contribution in [0.5, 0.6) is 0 Å². The van der Waals surface area contributed by atoms with E-state index in [1.165, 1.54) is 12.1 Å². The molecule has 2 N–H and O–H groups in total. The zero-order valence-electron chi connectivity index (χ0n) is 12.6. The minimum absolute atomic E-state index is 0.200. The van der Waals surface area contributed by atoms with Gasteiger partial charge in [-0.05, 0) is 49.8 Å². The van der Waals surface area contributed by atoms with Crippen molar-refractivity contribution in [1.82, 2.24) is 4.31 Å². The van der Waals surface area contributed by atoms with Crippen LogP contribution in [0.1, 0.15) is 38.2 Å². The van der Waals surface area contributed by atoms with Crippen molar-refractivity contribution >= 4 is 27.3 Å². The van der Waals surface area contributed by atoms with Crippen molar-refractivity contribution in [2.45, 2.75) is 44.4 Å². The Kier molecular flexibility index (Phi) is 5.17. The Morgan fingerprint density at radius 3 is 2.67 bits per heavy atom. The summed E-state index contributed by atoms with van der Waals surface area (Å²) >= 11 is 6.08. The molecular formula is C15H23ClN2O2S. The molecule has 6 heteroatoms. The number of rotatable bonds is 3. The molecule has 21 heavy (non-hydrogen) atoms. The summed E-state index contributed by atoms with van der Waals surface area (Å²) in [5, 5.41) is 0.398. The minimum atomic E-state index is -3.51. The van der Waals surface area contributed by atoms with E-state index in [9.17, 15) is 8.42 Å². The van der Waals surface area contributed by atoms with Gasteiger partial charge in [-0.15, -0.1) is 0 Å². The molecule has 1 aromatic carbocycles. The molecule has 4 nitrogen and oxygen atoms in total. The predicted octanol–water partition coefficient (Wildman–Crippen LogP) is 3.43. The van der Waals surface area contributed by atoms with Gasteiger partial charge in [-0.3, -0.25) is 0 Å². The Morgan fingerprint density at radius 2 is 2.05 bits per heavy atom. The van der Waals surface area contributed by atoms with Gasteiger partial charge in [-0.2, -0.15) is 4.31 Å². The number of nitrogens with zero attached hydrogens (tertiary/aromatic N) is 1. The van der Waals surface area contributed by atoms with Crippen LogP contribution in [0.2, 0.25) is 5.02 Å². The molecule has 0 amide bonds. The first-order valence-electron chi connectivity index (χ1n) is 7.42. The average Bonchev–Trinajstić information content (AvgIpc) is 2.69. The maximum Gasteiger partial charge on any atom is 0.243 e. The van der Waals surface area contributed by atoms with E-state index in [-0.39, 0.29) is 4.90 Å². The van der Waals surface area contributed by atoms with E-state index in [4.69, 9.17) is 17.3 Å². The third kappa shape index (κ3) is 3.52. The van der Waals surface area contributed by atoms with Gasteiger partial charge in [-0.25, -0.2) is 8.42 Å². The molecule has 0 radical (unpaired) electrons. The van der Waals surface area contributed by atoms with Crippen molar-refractivity contribution in [3.8, 4) is 0 Å². The normalized spacial score (nSPS) is 21.2. The first-order chi connectivity index (χ1) is 9.86. The highest BCUT2D eigenvalue weighted by Crippen LogP contribution is 2.29. The van der Waals surface area contributed by atoms with Crippen molar-refractivity contribution in [1.29, 1.82) is 0 Å². The summed E-state index contributed by atoms with van der Waals surface area (Å²) in [7, 11) is -3.51. The molecule has 0 saturated carbocycles. The summed E-state index contributed by atoms with van der Waals surface area (Å²) in [5.41, 5.74) is 6.99. The number of nitrogens with two attached hydrogens (primary N) is 1. The molecule has 1 saturated heterocycles. The van der Waals surface area contributed by atoms with Crippen LogP contribution >= 0.6 is 11.6 Å². The van der Waals surface area contributed by atoms with Gasteiger partial charge in [0.1, 0.15) is 0 Å². The van der Waals surface area contributed by atoms with Gasteiger partial charge < -0.3 is 5.73 Å². The van der Waals surface area contributed by atoms with Gasteiger partial charge >= 0.3 is 0 Å². The molecule has 0 aromatic heterocycles. The standard InChI is InChI=1S/C15H23ClN2O2S/c1-3-12-5-4-7-18(8-6-12)21(19,20)13-9-14(16)11(2)15(17)10-13/h9-10,12H,3-8,17H2,1-2H3. The van der Waals surface area contributed by atoms with E-state index in [1.54, 1.807) is 11.2 Å². The molecule has 118 valence electrons. The van der Waals surface area contributed by atoms with E-state index < -0.39 is 10.0 Å². The van der Waals surface area contributed by atoms with Crippen molar-refractivity contribution in [3.63, 3.8) is 0 Å². The van der Waals surface area contributed by atoms with Gasteiger partial charge in [0, 0.05) is 23.8 Å². The Labute approximate surface area is 132 Å². The first kappa shape index (κ1) is 16.6. The fourth-order valence-corrected chi connectivity index (χ4v) is 4.61.